The van der Waals surface area contributed by atoms with E-state index < -0.39 is 21.7 Å². The summed E-state index contributed by atoms with van der Waals surface area (Å²) in [5.41, 5.74) is 1.26. The van der Waals surface area contributed by atoms with Gasteiger partial charge in [0, 0.05) is 24.7 Å². The van der Waals surface area contributed by atoms with Crippen molar-refractivity contribution in [2.24, 2.45) is 0 Å². The molecule has 1 atom stereocenters. The number of hydrogen-bond acceptors (Lipinski definition) is 4. The Labute approximate surface area is 140 Å². The molecule has 0 saturated heterocycles. The second-order valence-electron chi connectivity index (χ2n) is 5.31. The summed E-state index contributed by atoms with van der Waals surface area (Å²) < 4.78 is 36.7. The van der Waals surface area contributed by atoms with Crippen LogP contribution in [-0.2, 0) is 14.6 Å². The molecule has 0 radical (unpaired) electrons. The molecule has 0 fully saturated rings. The number of halogens is 1. The lowest BCUT2D eigenvalue weighted by atomic mass is 10.1. The Morgan fingerprint density at radius 3 is 2.67 bits per heavy atom. The maximum Gasteiger partial charge on any atom is 0.244 e. The molecular weight excluding hydrogens is 331 g/mol. The molecule has 0 aliphatic carbocycles. The first kappa shape index (κ1) is 17.8. The first-order chi connectivity index (χ1) is 11.3. The predicted octanol–water partition coefficient (Wildman–Crippen LogP) is 2.51. The summed E-state index contributed by atoms with van der Waals surface area (Å²) in [6.07, 6.45) is 7.16. The molecule has 0 saturated carbocycles. The average Bonchev–Trinajstić information content (AvgIpc) is 2.52. The van der Waals surface area contributed by atoms with Gasteiger partial charge in [-0.25, -0.2) is 12.8 Å². The van der Waals surface area contributed by atoms with Crippen LogP contribution in [0.1, 0.15) is 24.1 Å². The van der Waals surface area contributed by atoms with Gasteiger partial charge in [-0.05, 0) is 42.3 Å². The molecule has 1 amide bonds. The Hall–Kier alpha value is -2.54. The van der Waals surface area contributed by atoms with Crippen LogP contribution in [0.2, 0.25) is 0 Å². The van der Waals surface area contributed by atoms with Gasteiger partial charge in [0.2, 0.25) is 5.91 Å². The lowest BCUT2D eigenvalue weighted by molar-refractivity contribution is -0.117. The number of nitrogens with one attached hydrogen (secondary N) is 1. The van der Waals surface area contributed by atoms with Crippen molar-refractivity contribution in [2.75, 3.05) is 6.26 Å². The van der Waals surface area contributed by atoms with Crippen molar-refractivity contribution in [3.8, 4) is 0 Å². The van der Waals surface area contributed by atoms with Gasteiger partial charge in [0.25, 0.3) is 0 Å². The monoisotopic (exact) mass is 348 g/mol. The van der Waals surface area contributed by atoms with Gasteiger partial charge >= 0.3 is 0 Å². The van der Waals surface area contributed by atoms with Crippen LogP contribution < -0.4 is 5.32 Å². The fourth-order valence-corrected chi connectivity index (χ4v) is 2.81. The zero-order valence-electron chi connectivity index (χ0n) is 13.2. The van der Waals surface area contributed by atoms with Crippen molar-refractivity contribution in [1.82, 2.24) is 10.3 Å². The maximum atomic E-state index is 13.9. The van der Waals surface area contributed by atoms with Gasteiger partial charge in [-0.3, -0.25) is 9.78 Å². The van der Waals surface area contributed by atoms with Crippen molar-refractivity contribution in [2.45, 2.75) is 17.9 Å². The minimum atomic E-state index is -3.62. The maximum absolute atomic E-state index is 13.9. The van der Waals surface area contributed by atoms with Gasteiger partial charge in [0.05, 0.1) is 6.04 Å². The fraction of sp³-hybridized carbons (Fsp3) is 0.176. The van der Waals surface area contributed by atoms with E-state index >= 15 is 0 Å². The molecule has 1 heterocycles. The number of aromatic nitrogens is 1. The molecule has 0 aliphatic rings. The van der Waals surface area contributed by atoms with Crippen molar-refractivity contribution in [3.63, 3.8) is 0 Å². The smallest absolute Gasteiger partial charge is 0.244 e. The third-order valence-electron chi connectivity index (χ3n) is 3.33. The van der Waals surface area contributed by atoms with E-state index in [9.17, 15) is 17.6 Å². The Balaban J connectivity index is 2.07. The summed E-state index contributed by atoms with van der Waals surface area (Å²) in [6, 6.07) is 6.89. The molecule has 7 heteroatoms. The van der Waals surface area contributed by atoms with Crippen LogP contribution in [0, 0.1) is 5.82 Å². The van der Waals surface area contributed by atoms with Gasteiger partial charge in [-0.1, -0.05) is 12.1 Å². The Kier molecular flexibility index (Phi) is 5.46. The first-order valence-electron chi connectivity index (χ1n) is 7.15. The highest BCUT2D eigenvalue weighted by Gasteiger charge is 2.16. The normalized spacial score (nSPS) is 13.0. The number of pyridine rings is 1. The SMILES string of the molecule is C[C@@H](NC(=O)/C=C\c1cccnc1)c1ccc(S(C)(=O)=O)c(F)c1. The highest BCUT2D eigenvalue weighted by atomic mass is 32.2. The molecule has 126 valence electrons. The Morgan fingerprint density at radius 2 is 2.08 bits per heavy atom. The molecule has 1 N–H and O–H groups in total. The van der Waals surface area contributed by atoms with Crippen LogP contribution in [0.4, 0.5) is 4.39 Å². The standard InChI is InChI=1S/C17H17FN2O3S/c1-12(14-6-7-16(15(18)10-14)24(2,22)23)20-17(21)8-5-13-4-3-9-19-11-13/h3-12H,1-2H3,(H,20,21)/b8-5-/t12-/m1/s1. The molecule has 0 spiro atoms. The zero-order valence-corrected chi connectivity index (χ0v) is 14.0. The molecule has 1 aromatic heterocycles. The Bertz CT molecular complexity index is 865. The van der Waals surface area contributed by atoms with Crippen molar-refractivity contribution in [1.29, 1.82) is 0 Å². The van der Waals surface area contributed by atoms with E-state index in [0.29, 0.717) is 5.56 Å². The second-order valence-corrected chi connectivity index (χ2v) is 7.30. The van der Waals surface area contributed by atoms with Gasteiger partial charge in [-0.2, -0.15) is 0 Å². The summed E-state index contributed by atoms with van der Waals surface area (Å²) in [5, 5.41) is 2.69. The lowest BCUT2D eigenvalue weighted by Gasteiger charge is -2.14. The van der Waals surface area contributed by atoms with Gasteiger partial charge < -0.3 is 5.32 Å². The van der Waals surface area contributed by atoms with Gasteiger partial charge in [0.15, 0.2) is 9.84 Å². The van der Waals surface area contributed by atoms with Crippen LogP contribution in [-0.4, -0.2) is 25.6 Å². The lowest BCUT2D eigenvalue weighted by Crippen LogP contribution is -2.24. The number of nitrogens with zero attached hydrogens (tertiary/aromatic N) is 1. The molecule has 1 aromatic carbocycles. The van der Waals surface area contributed by atoms with Crippen LogP contribution in [0.25, 0.3) is 6.08 Å². The van der Waals surface area contributed by atoms with Gasteiger partial charge in [0.1, 0.15) is 10.7 Å². The molecule has 0 bridgehead atoms. The summed E-state index contributed by atoms with van der Waals surface area (Å²) in [5.74, 6) is -1.18. The number of benzene rings is 1. The van der Waals surface area contributed by atoms with Gasteiger partial charge in [-0.15, -0.1) is 0 Å². The van der Waals surface area contributed by atoms with Crippen LogP contribution in [0.3, 0.4) is 0 Å². The van der Waals surface area contributed by atoms with E-state index in [0.717, 1.165) is 17.9 Å². The molecular formula is C17H17FN2O3S. The number of carbonyl (C=O) groups is 1. The average molecular weight is 348 g/mol. The number of amides is 1. The number of sulfone groups is 1. The third kappa shape index (κ3) is 4.73. The number of hydrogen-bond donors (Lipinski definition) is 1. The Morgan fingerprint density at radius 1 is 1.33 bits per heavy atom. The van der Waals surface area contributed by atoms with E-state index in [1.54, 1.807) is 37.5 Å². The molecule has 24 heavy (non-hydrogen) atoms. The van der Waals surface area contributed by atoms with E-state index in [1.807, 2.05) is 0 Å². The second kappa shape index (κ2) is 7.35. The van der Waals surface area contributed by atoms with E-state index in [-0.39, 0.29) is 10.8 Å². The minimum Gasteiger partial charge on any atom is -0.346 e. The summed E-state index contributed by atoms with van der Waals surface area (Å²) in [4.78, 5) is 15.5. The van der Waals surface area contributed by atoms with Crippen LogP contribution in [0.15, 0.2) is 53.7 Å². The summed E-state index contributed by atoms with van der Waals surface area (Å²) in [6.45, 7) is 1.69. The molecule has 2 rings (SSSR count). The highest BCUT2D eigenvalue weighted by molar-refractivity contribution is 7.90. The third-order valence-corrected chi connectivity index (χ3v) is 4.46. The minimum absolute atomic E-state index is 0.348. The topological polar surface area (TPSA) is 76.1 Å². The quantitative estimate of drug-likeness (QED) is 0.843. The van der Waals surface area contributed by atoms with E-state index in [4.69, 9.17) is 0 Å². The van der Waals surface area contributed by atoms with Crippen molar-refractivity contribution in [3.05, 3.63) is 65.7 Å². The number of carbonyl (C=O) groups excluding carboxylic acids is 1. The van der Waals surface area contributed by atoms with E-state index in [2.05, 4.69) is 10.3 Å². The van der Waals surface area contributed by atoms with Crippen molar-refractivity contribution >= 4 is 21.8 Å². The summed E-state index contributed by atoms with van der Waals surface area (Å²) in [7, 11) is -3.62. The van der Waals surface area contributed by atoms with E-state index in [1.165, 1.54) is 18.2 Å². The molecule has 0 aliphatic heterocycles. The number of rotatable bonds is 5. The largest absolute Gasteiger partial charge is 0.346 e. The highest BCUT2D eigenvalue weighted by Crippen LogP contribution is 2.20. The van der Waals surface area contributed by atoms with Crippen LogP contribution >= 0.6 is 0 Å². The first-order valence-corrected chi connectivity index (χ1v) is 9.04. The predicted molar refractivity (Wildman–Crippen MR) is 89.3 cm³/mol. The van der Waals surface area contributed by atoms with Crippen molar-refractivity contribution < 1.29 is 17.6 Å². The molecule has 5 nitrogen and oxygen atoms in total. The fourth-order valence-electron chi connectivity index (χ4n) is 2.08. The molecule has 0 unspecified atom stereocenters. The molecule has 2 aromatic rings. The summed E-state index contributed by atoms with van der Waals surface area (Å²) >= 11 is 0. The van der Waals surface area contributed by atoms with Crippen LogP contribution in [0.5, 0.6) is 0 Å². The zero-order chi connectivity index (χ0) is 17.7.